The molecule has 0 unspecified atom stereocenters. The summed E-state index contributed by atoms with van der Waals surface area (Å²) in [5.41, 5.74) is 23.2. The van der Waals surface area contributed by atoms with Gasteiger partial charge in [0.15, 0.2) is 18.9 Å². The monoisotopic (exact) mass is 736 g/mol. The van der Waals surface area contributed by atoms with Gasteiger partial charge in [0.05, 0.1) is 22.6 Å². The van der Waals surface area contributed by atoms with Gasteiger partial charge in [0.2, 0.25) is 0 Å². The van der Waals surface area contributed by atoms with E-state index < -0.39 is 17.6 Å². The molecule has 0 aliphatic rings. The summed E-state index contributed by atoms with van der Waals surface area (Å²) in [5.74, 6) is -1.41. The first kappa shape index (κ1) is 43.9. The van der Waals surface area contributed by atoms with Crippen LogP contribution in [0.15, 0.2) is 97.4 Å². The number of nitrogens with one attached hydrogen (secondary N) is 2. The topological polar surface area (TPSA) is 273 Å². The third kappa shape index (κ3) is 14.4. The van der Waals surface area contributed by atoms with Gasteiger partial charge < -0.3 is 43.8 Å². The Labute approximate surface area is 303 Å². The van der Waals surface area contributed by atoms with Crippen LogP contribution in [0, 0.1) is 11.6 Å². The van der Waals surface area contributed by atoms with Crippen molar-refractivity contribution in [1.82, 2.24) is 19.1 Å². The highest BCUT2D eigenvalue weighted by molar-refractivity contribution is 5.94. The van der Waals surface area contributed by atoms with E-state index in [9.17, 15) is 33.1 Å². The van der Waals surface area contributed by atoms with Gasteiger partial charge in [-0.15, -0.1) is 0 Å². The molecule has 0 aliphatic heterocycles. The predicted molar refractivity (Wildman–Crippen MR) is 198 cm³/mol. The van der Waals surface area contributed by atoms with Gasteiger partial charge in [-0.25, -0.2) is 23.5 Å². The SMILES string of the molecule is CNc1cc(CCc2cc(C(=O)O)c(NC)cc2F)c(F)cc1C=O.CO.N/C(C=O)=C\C=C(/N)n1ccnc1.N/C(C=O)=C\C=C(/N)n1ccnc1. The standard InChI is InChI=1S/C18H18F2N2O3.2C8H10N4O.CH4O/c1-21-16-7-11(14(19)6-12(16)9-23)4-3-10-5-13(18(24)25)17(22-2)8-15(10)20;2*9-7(5-13)1-2-8(10)12-4-3-11-6-12;1-2/h5-9,21-22H,3-4H2,1-2H3,(H,24,25);2*1-6H,9-10H2;2H,1H3/b;2*7-1-,8-2+;. The summed E-state index contributed by atoms with van der Waals surface area (Å²) >= 11 is 0. The quantitative estimate of drug-likeness (QED) is 0.0556. The summed E-state index contributed by atoms with van der Waals surface area (Å²) in [6, 6.07) is 4.98. The minimum Gasteiger partial charge on any atom is -0.478 e. The van der Waals surface area contributed by atoms with Gasteiger partial charge in [0.25, 0.3) is 0 Å². The minimum absolute atomic E-state index is 0.0495. The van der Waals surface area contributed by atoms with Crippen molar-refractivity contribution in [2.45, 2.75) is 12.8 Å². The van der Waals surface area contributed by atoms with Crippen molar-refractivity contribution >= 4 is 47.8 Å². The van der Waals surface area contributed by atoms with E-state index in [1.54, 1.807) is 53.6 Å². The van der Waals surface area contributed by atoms with Crippen LogP contribution in [-0.2, 0) is 22.4 Å². The molecule has 18 heteroatoms. The van der Waals surface area contributed by atoms with E-state index in [2.05, 4.69) is 20.6 Å². The van der Waals surface area contributed by atoms with Gasteiger partial charge >= 0.3 is 5.97 Å². The molecule has 0 atom stereocenters. The van der Waals surface area contributed by atoms with E-state index in [4.69, 9.17) is 28.0 Å². The Balaban J connectivity index is 0.000000424. The number of benzene rings is 2. The van der Waals surface area contributed by atoms with Crippen molar-refractivity contribution in [3.05, 3.63) is 131 Å². The first-order valence-electron chi connectivity index (χ1n) is 15.2. The molecule has 0 spiro atoms. The lowest BCUT2D eigenvalue weighted by Crippen LogP contribution is -2.07. The fourth-order valence-electron chi connectivity index (χ4n) is 4.04. The van der Waals surface area contributed by atoms with E-state index in [1.165, 1.54) is 43.5 Å². The molecular weight excluding hydrogens is 694 g/mol. The third-order valence-electron chi connectivity index (χ3n) is 6.74. The summed E-state index contributed by atoms with van der Waals surface area (Å²) in [6.07, 6.45) is 17.6. The van der Waals surface area contributed by atoms with E-state index >= 15 is 0 Å². The molecule has 0 bridgehead atoms. The van der Waals surface area contributed by atoms with Crippen LogP contribution < -0.4 is 33.6 Å². The highest BCUT2D eigenvalue weighted by atomic mass is 19.1. The van der Waals surface area contributed by atoms with E-state index in [0.717, 1.165) is 19.2 Å². The molecule has 0 aliphatic carbocycles. The number of halogens is 2. The van der Waals surface area contributed by atoms with Gasteiger partial charge in [0, 0.05) is 57.2 Å². The summed E-state index contributed by atoms with van der Waals surface area (Å²) in [7, 11) is 4.11. The summed E-state index contributed by atoms with van der Waals surface area (Å²) in [5, 5.41) is 21.6. The zero-order chi connectivity index (χ0) is 39.9. The largest absolute Gasteiger partial charge is 0.478 e. The third-order valence-corrected chi connectivity index (χ3v) is 6.74. The number of imidazole rings is 2. The average molecular weight is 737 g/mol. The van der Waals surface area contributed by atoms with Gasteiger partial charge in [-0.3, -0.25) is 23.5 Å². The number of aldehydes is 3. The Kier molecular flexibility index (Phi) is 19.4. The molecule has 0 fully saturated rings. The second kappa shape index (κ2) is 23.3. The molecule has 2 aromatic heterocycles. The van der Waals surface area contributed by atoms with Crippen LogP contribution in [0.5, 0.6) is 0 Å². The maximum absolute atomic E-state index is 14.2. The number of aliphatic hydroxyl groups excluding tert-OH is 1. The summed E-state index contributed by atoms with van der Waals surface area (Å²) < 4.78 is 31.5. The molecule has 2 heterocycles. The zero-order valence-electron chi connectivity index (χ0n) is 29.1. The molecule has 0 amide bonds. The molecule has 0 radical (unpaired) electrons. The molecule has 12 N–H and O–H groups in total. The van der Waals surface area contributed by atoms with Crippen LogP contribution in [0.2, 0.25) is 0 Å². The van der Waals surface area contributed by atoms with Crippen LogP contribution in [0.25, 0.3) is 11.6 Å². The van der Waals surface area contributed by atoms with Crippen molar-refractivity contribution in [3.8, 4) is 0 Å². The van der Waals surface area contributed by atoms with Gasteiger partial charge in [-0.05, 0) is 72.5 Å². The highest BCUT2D eigenvalue weighted by Gasteiger charge is 2.16. The number of anilines is 2. The van der Waals surface area contributed by atoms with E-state index in [1.807, 2.05) is 0 Å². The van der Waals surface area contributed by atoms with Gasteiger partial charge in [-0.1, -0.05) is 0 Å². The van der Waals surface area contributed by atoms with E-state index in [-0.39, 0.29) is 46.6 Å². The van der Waals surface area contributed by atoms with Gasteiger partial charge in [0.1, 0.15) is 35.9 Å². The number of aromatic nitrogens is 4. The fraction of sp³-hybridized carbons (Fsp3) is 0.143. The number of hydrogen-bond acceptors (Lipinski definition) is 13. The maximum Gasteiger partial charge on any atom is 0.337 e. The molecule has 4 aromatic rings. The first-order valence-corrected chi connectivity index (χ1v) is 15.2. The number of carbonyl (C=O) groups is 4. The second-order valence-corrected chi connectivity index (χ2v) is 10.1. The fourth-order valence-corrected chi connectivity index (χ4v) is 4.04. The van der Waals surface area contributed by atoms with E-state index in [0.29, 0.717) is 41.8 Å². The minimum atomic E-state index is -1.18. The second-order valence-electron chi connectivity index (χ2n) is 10.1. The molecule has 282 valence electrons. The summed E-state index contributed by atoms with van der Waals surface area (Å²) in [4.78, 5) is 50.0. The number of rotatable bonds is 13. The summed E-state index contributed by atoms with van der Waals surface area (Å²) in [6.45, 7) is 0. The Morgan fingerprint density at radius 2 is 1.19 bits per heavy atom. The first-order chi connectivity index (χ1) is 25.4. The van der Waals surface area contributed by atoms with Crippen LogP contribution in [-0.4, -0.2) is 75.3 Å². The maximum atomic E-state index is 14.2. The Hall–Kier alpha value is -7.08. The zero-order valence-corrected chi connectivity index (χ0v) is 29.1. The average Bonchev–Trinajstić information content (AvgIpc) is 3.93. The Morgan fingerprint density at radius 3 is 1.57 bits per heavy atom. The highest BCUT2D eigenvalue weighted by Crippen LogP contribution is 2.24. The molecule has 4 rings (SSSR count). The van der Waals surface area contributed by atoms with Crippen LogP contribution in [0.3, 0.4) is 0 Å². The number of hydrogen-bond donors (Lipinski definition) is 8. The number of carboxylic acid groups (broad SMARTS) is 1. The van der Waals surface area contributed by atoms with Crippen LogP contribution >= 0.6 is 0 Å². The van der Waals surface area contributed by atoms with Crippen molar-refractivity contribution in [3.63, 3.8) is 0 Å². The Morgan fingerprint density at radius 1 is 0.736 bits per heavy atom. The lowest BCUT2D eigenvalue weighted by molar-refractivity contribution is -0.105. The number of allylic oxidation sites excluding steroid dienone is 6. The Bertz CT molecular complexity index is 1850. The predicted octanol–water partition coefficient (Wildman–Crippen LogP) is 2.32. The lowest BCUT2D eigenvalue weighted by Gasteiger charge is -2.12. The molecule has 16 nitrogen and oxygen atoms in total. The lowest BCUT2D eigenvalue weighted by atomic mass is 9.99. The van der Waals surface area contributed by atoms with Gasteiger partial charge in [-0.2, -0.15) is 0 Å². The van der Waals surface area contributed by atoms with Crippen LogP contribution in [0.1, 0.15) is 31.8 Å². The number of nitrogens with two attached hydrogens (primary N) is 4. The number of carbonyl (C=O) groups excluding carboxylic acids is 3. The number of carboxylic acids is 1. The molecule has 53 heavy (non-hydrogen) atoms. The van der Waals surface area contributed by atoms with Crippen LogP contribution in [0.4, 0.5) is 20.2 Å². The number of aliphatic hydroxyl groups is 1. The van der Waals surface area contributed by atoms with Crippen molar-refractivity contribution < 1.29 is 38.2 Å². The molecule has 0 saturated carbocycles. The van der Waals surface area contributed by atoms with Crippen molar-refractivity contribution in [2.75, 3.05) is 31.8 Å². The number of nitrogens with zero attached hydrogens (tertiary/aromatic N) is 4. The number of aromatic carboxylic acids is 1. The molecule has 0 saturated heterocycles. The smallest absolute Gasteiger partial charge is 0.337 e. The van der Waals surface area contributed by atoms with Crippen molar-refractivity contribution in [2.24, 2.45) is 22.9 Å². The van der Waals surface area contributed by atoms with Crippen molar-refractivity contribution in [1.29, 1.82) is 0 Å². The normalized spacial score (nSPS) is 11.4. The molecular formula is C35H42F2N10O6. The number of aryl methyl sites for hydroxylation is 2. The molecule has 2 aromatic carbocycles.